The topological polar surface area (TPSA) is 55.1 Å². The minimum absolute atomic E-state index is 0.167. The van der Waals surface area contributed by atoms with E-state index in [4.69, 9.17) is 17.3 Å². The van der Waals surface area contributed by atoms with Crippen molar-refractivity contribution in [1.82, 2.24) is 5.32 Å². The zero-order chi connectivity index (χ0) is 11.3. The van der Waals surface area contributed by atoms with Crippen LogP contribution in [0.5, 0.6) is 0 Å². The second-order valence-corrected chi connectivity index (χ2v) is 4.85. The highest BCUT2D eigenvalue weighted by molar-refractivity contribution is 7.16. The fourth-order valence-corrected chi connectivity index (χ4v) is 2.07. The summed E-state index contributed by atoms with van der Waals surface area (Å²) in [6.45, 7) is 4.00. The van der Waals surface area contributed by atoms with Gasteiger partial charge in [-0.3, -0.25) is 4.79 Å². The van der Waals surface area contributed by atoms with Crippen molar-refractivity contribution >= 4 is 28.8 Å². The second kappa shape index (κ2) is 5.90. The quantitative estimate of drug-likeness (QED) is 0.778. The Balaban J connectivity index is 2.37. The molecule has 0 bridgehead atoms. The van der Waals surface area contributed by atoms with Crippen LogP contribution in [-0.2, 0) is 11.3 Å². The highest BCUT2D eigenvalue weighted by Crippen LogP contribution is 2.20. The van der Waals surface area contributed by atoms with Crippen LogP contribution in [0.1, 0.15) is 11.3 Å². The van der Waals surface area contributed by atoms with Crippen LogP contribution in [0.15, 0.2) is 24.8 Å². The zero-order valence-corrected chi connectivity index (χ0v) is 9.77. The molecule has 0 aromatic carbocycles. The van der Waals surface area contributed by atoms with Crippen molar-refractivity contribution in [2.24, 2.45) is 5.73 Å². The Labute approximate surface area is 97.9 Å². The van der Waals surface area contributed by atoms with Crippen molar-refractivity contribution < 1.29 is 4.79 Å². The summed E-state index contributed by atoms with van der Waals surface area (Å²) in [5, 5.41) is 2.74. The van der Waals surface area contributed by atoms with Gasteiger partial charge in [0.1, 0.15) is 0 Å². The van der Waals surface area contributed by atoms with E-state index in [1.807, 2.05) is 6.07 Å². The Morgan fingerprint density at radius 1 is 1.73 bits per heavy atom. The molecule has 1 aromatic rings. The third-order valence-electron chi connectivity index (χ3n) is 1.82. The molecule has 1 aromatic heterocycles. The maximum atomic E-state index is 11.4. The first-order valence-electron chi connectivity index (χ1n) is 4.52. The highest BCUT2D eigenvalue weighted by atomic mass is 35.5. The summed E-state index contributed by atoms with van der Waals surface area (Å²) >= 11 is 7.20. The summed E-state index contributed by atoms with van der Waals surface area (Å²) in [5.74, 6) is -0.167. The van der Waals surface area contributed by atoms with Gasteiger partial charge in [-0.15, -0.1) is 17.9 Å². The Bertz CT molecular complexity index is 351. The maximum Gasteiger partial charge on any atom is 0.237 e. The number of nitrogens with one attached hydrogen (secondary N) is 1. The lowest BCUT2D eigenvalue weighted by molar-refractivity contribution is -0.122. The van der Waals surface area contributed by atoms with Gasteiger partial charge in [0.05, 0.1) is 16.9 Å². The van der Waals surface area contributed by atoms with Gasteiger partial charge in [0.25, 0.3) is 0 Å². The van der Waals surface area contributed by atoms with E-state index in [1.54, 1.807) is 12.1 Å². The van der Waals surface area contributed by atoms with E-state index in [1.165, 1.54) is 11.3 Å². The van der Waals surface area contributed by atoms with Gasteiger partial charge < -0.3 is 11.1 Å². The first kappa shape index (κ1) is 12.2. The summed E-state index contributed by atoms with van der Waals surface area (Å²) in [6.07, 6.45) is 2.11. The molecule has 0 saturated heterocycles. The third-order valence-corrected chi connectivity index (χ3v) is 3.05. The minimum Gasteiger partial charge on any atom is -0.350 e. The third kappa shape index (κ3) is 4.03. The molecule has 3 N–H and O–H groups in total. The van der Waals surface area contributed by atoms with Crippen molar-refractivity contribution in [2.45, 2.75) is 19.0 Å². The van der Waals surface area contributed by atoms with Crippen molar-refractivity contribution in [3.63, 3.8) is 0 Å². The van der Waals surface area contributed by atoms with Gasteiger partial charge in [0.2, 0.25) is 5.91 Å². The summed E-state index contributed by atoms with van der Waals surface area (Å²) in [5.41, 5.74) is 5.59. The number of carbonyl (C=O) groups is 1. The van der Waals surface area contributed by atoms with Crippen LogP contribution in [0.2, 0.25) is 4.34 Å². The van der Waals surface area contributed by atoms with Crippen LogP contribution in [0, 0.1) is 0 Å². The number of halogens is 1. The molecule has 1 amide bonds. The van der Waals surface area contributed by atoms with Gasteiger partial charge in [-0.25, -0.2) is 0 Å². The van der Waals surface area contributed by atoms with Crippen molar-refractivity contribution in [3.8, 4) is 0 Å². The number of rotatable bonds is 5. The minimum atomic E-state index is -0.516. The molecule has 15 heavy (non-hydrogen) atoms. The molecule has 0 saturated carbocycles. The fourth-order valence-electron chi connectivity index (χ4n) is 1.04. The number of hydrogen-bond acceptors (Lipinski definition) is 3. The summed E-state index contributed by atoms with van der Waals surface area (Å²) < 4.78 is 0.717. The van der Waals surface area contributed by atoms with E-state index >= 15 is 0 Å². The van der Waals surface area contributed by atoms with Gasteiger partial charge in [-0.2, -0.15) is 0 Å². The van der Waals surface area contributed by atoms with Gasteiger partial charge in [-0.1, -0.05) is 17.7 Å². The number of thiophene rings is 1. The van der Waals surface area contributed by atoms with E-state index in [0.29, 0.717) is 13.0 Å². The normalized spacial score (nSPS) is 12.1. The molecule has 0 radical (unpaired) electrons. The lowest BCUT2D eigenvalue weighted by Crippen LogP contribution is -2.39. The van der Waals surface area contributed by atoms with E-state index in [-0.39, 0.29) is 5.91 Å². The number of amides is 1. The highest BCUT2D eigenvalue weighted by Gasteiger charge is 2.10. The molecule has 1 atom stereocenters. The molecule has 5 heteroatoms. The number of carbonyl (C=O) groups excluding carboxylic acids is 1. The van der Waals surface area contributed by atoms with Gasteiger partial charge in [-0.05, 0) is 18.6 Å². The molecule has 1 heterocycles. The lowest BCUT2D eigenvalue weighted by Gasteiger charge is -2.08. The second-order valence-electron chi connectivity index (χ2n) is 3.05. The van der Waals surface area contributed by atoms with Gasteiger partial charge >= 0.3 is 0 Å². The van der Waals surface area contributed by atoms with E-state index < -0.39 is 6.04 Å². The number of hydrogen-bond donors (Lipinski definition) is 2. The predicted molar refractivity (Wildman–Crippen MR) is 64.0 cm³/mol. The van der Waals surface area contributed by atoms with Crippen LogP contribution in [0.25, 0.3) is 0 Å². The first-order valence-corrected chi connectivity index (χ1v) is 5.71. The monoisotopic (exact) mass is 244 g/mol. The van der Waals surface area contributed by atoms with E-state index in [2.05, 4.69) is 11.9 Å². The van der Waals surface area contributed by atoms with Gasteiger partial charge in [0.15, 0.2) is 0 Å². The molecule has 0 spiro atoms. The molecule has 3 nitrogen and oxygen atoms in total. The Kier molecular flexibility index (Phi) is 4.81. The molecule has 0 aliphatic rings. The molecule has 1 rings (SSSR count). The van der Waals surface area contributed by atoms with Crippen LogP contribution >= 0.6 is 22.9 Å². The Morgan fingerprint density at radius 2 is 2.47 bits per heavy atom. The molecular weight excluding hydrogens is 232 g/mol. The molecular formula is C10H13ClN2OS. The zero-order valence-electron chi connectivity index (χ0n) is 8.20. The maximum absolute atomic E-state index is 11.4. The fraction of sp³-hybridized carbons (Fsp3) is 0.300. The Hall–Kier alpha value is -0.840. The molecule has 0 fully saturated rings. The van der Waals surface area contributed by atoms with E-state index in [0.717, 1.165) is 9.21 Å². The average molecular weight is 245 g/mol. The SMILES string of the molecule is C=CCC(N)C(=O)NCc1ccc(Cl)s1. The van der Waals surface area contributed by atoms with Crippen LogP contribution in [-0.4, -0.2) is 11.9 Å². The van der Waals surface area contributed by atoms with E-state index in [9.17, 15) is 4.79 Å². The smallest absolute Gasteiger partial charge is 0.237 e. The Morgan fingerprint density at radius 3 is 3.00 bits per heavy atom. The molecule has 0 aliphatic heterocycles. The summed E-state index contributed by atoms with van der Waals surface area (Å²) in [6, 6.07) is 3.17. The summed E-state index contributed by atoms with van der Waals surface area (Å²) in [4.78, 5) is 12.4. The summed E-state index contributed by atoms with van der Waals surface area (Å²) in [7, 11) is 0. The van der Waals surface area contributed by atoms with Crippen molar-refractivity contribution in [1.29, 1.82) is 0 Å². The average Bonchev–Trinajstić information content (AvgIpc) is 2.61. The molecule has 1 unspecified atom stereocenters. The molecule has 82 valence electrons. The largest absolute Gasteiger partial charge is 0.350 e. The predicted octanol–water partition coefficient (Wildman–Crippen LogP) is 1.92. The van der Waals surface area contributed by atoms with Crippen LogP contribution in [0.4, 0.5) is 0 Å². The van der Waals surface area contributed by atoms with Crippen LogP contribution in [0.3, 0.4) is 0 Å². The van der Waals surface area contributed by atoms with Crippen molar-refractivity contribution in [2.75, 3.05) is 0 Å². The van der Waals surface area contributed by atoms with Crippen LogP contribution < -0.4 is 11.1 Å². The lowest BCUT2D eigenvalue weighted by atomic mass is 10.2. The number of nitrogens with two attached hydrogens (primary N) is 1. The van der Waals surface area contributed by atoms with Crippen molar-refractivity contribution in [3.05, 3.63) is 34.0 Å². The molecule has 0 aliphatic carbocycles. The first-order chi connectivity index (χ1) is 7.13. The van der Waals surface area contributed by atoms with Gasteiger partial charge in [0, 0.05) is 4.88 Å². The standard InChI is InChI=1S/C10H13ClN2OS/c1-2-3-8(12)10(14)13-6-7-4-5-9(11)15-7/h2,4-5,8H,1,3,6,12H2,(H,13,14).